The number of fused-ring (bicyclic) bond motifs is 6. The molecule has 0 aliphatic carbocycles. The second kappa shape index (κ2) is 30.5. The Labute approximate surface area is 371 Å². The fourth-order valence-electron chi connectivity index (χ4n) is 8.03. The highest BCUT2D eigenvalue weighted by Gasteiger charge is 2.21. The van der Waals surface area contributed by atoms with Gasteiger partial charge in [0.15, 0.2) is 34.5 Å². The van der Waals surface area contributed by atoms with Crippen LogP contribution >= 0.6 is 0 Å². The maximum atomic E-state index is 6.65. The van der Waals surface area contributed by atoms with E-state index < -0.39 is 0 Å². The van der Waals surface area contributed by atoms with Gasteiger partial charge in [-0.05, 0) is 120 Å². The molecule has 0 aromatic heterocycles. The maximum Gasteiger partial charge on any atom is 0.161 e. The lowest BCUT2D eigenvalue weighted by molar-refractivity contribution is 0.259. The highest BCUT2D eigenvalue weighted by atomic mass is 16.5. The van der Waals surface area contributed by atoms with Gasteiger partial charge in [0, 0.05) is 0 Å². The molecule has 0 radical (unpaired) electrons. The first kappa shape index (κ1) is 50.1. The average molecular weight is 844 g/mol. The molecule has 0 atom stereocenters. The summed E-state index contributed by atoms with van der Waals surface area (Å²) in [6, 6.07) is 13.4. The lowest BCUT2D eigenvalue weighted by atomic mass is 9.93. The van der Waals surface area contributed by atoms with E-state index in [4.69, 9.17) is 34.2 Å². The van der Waals surface area contributed by atoms with Crippen LogP contribution in [0, 0.1) is 0 Å². The molecular weight excluding hydrogens is 759 g/mol. The van der Waals surface area contributed by atoms with Gasteiger partial charge < -0.3 is 34.2 Å². The van der Waals surface area contributed by atoms with Crippen molar-refractivity contribution in [1.82, 2.24) is 0 Å². The molecule has 4 aromatic rings. The Kier molecular flexibility index (Phi) is 25.0. The second-order valence-electron chi connectivity index (χ2n) is 17.1. The van der Waals surface area contributed by atoms with Gasteiger partial charge in [-0.25, -0.2) is 0 Å². The van der Waals surface area contributed by atoms with Gasteiger partial charge in [0.25, 0.3) is 0 Å². The van der Waals surface area contributed by atoms with Gasteiger partial charge in [-0.2, -0.15) is 0 Å². The van der Waals surface area contributed by atoms with Crippen LogP contribution in [-0.4, -0.2) is 46.2 Å². The molecule has 7 heteroatoms. The molecule has 7 nitrogen and oxygen atoms in total. The summed E-state index contributed by atoms with van der Waals surface area (Å²) >= 11 is 0. The first-order valence-corrected chi connectivity index (χ1v) is 25.1. The van der Waals surface area contributed by atoms with Gasteiger partial charge in [-0.1, -0.05) is 144 Å². The zero-order valence-electron chi connectivity index (χ0n) is 39.4. The molecular formula is C54H85NO6. The van der Waals surface area contributed by atoms with E-state index in [2.05, 4.69) is 71.0 Å². The predicted octanol–water partition coefficient (Wildman–Crippen LogP) is 15.8. The van der Waals surface area contributed by atoms with E-state index in [1.165, 1.54) is 64.2 Å². The highest BCUT2D eigenvalue weighted by Crippen LogP contribution is 2.47. The maximum absolute atomic E-state index is 6.65. The summed E-state index contributed by atoms with van der Waals surface area (Å²) in [6.45, 7) is 15.9. The molecule has 0 spiro atoms. The van der Waals surface area contributed by atoms with Gasteiger partial charge in [0.05, 0.1) is 39.6 Å². The molecule has 0 aliphatic heterocycles. The molecule has 0 aliphatic rings. The summed E-state index contributed by atoms with van der Waals surface area (Å²) in [6.07, 6.45) is 27.1. The number of nitrogens with two attached hydrogens (primary N) is 1. The number of unbranched alkanes of at least 4 members (excludes halogenated alkanes) is 18. The standard InChI is InChI=1S/C54H85NO6/c1-6-11-16-24-31-56-49-37-43-44-38-50(57-32-25-17-12-7-2)52(59-34-27-19-14-9-4)40-46(44)48-42-54(61-36-29-22-21-23-30-55)53(60-35-28-20-15-10-5)41-47(48)45(43)39-51(49)58-33-26-18-13-8-3/h37-42H,6-36,55H2,1-5H3. The van der Waals surface area contributed by atoms with Crippen molar-refractivity contribution in [3.05, 3.63) is 36.4 Å². The van der Waals surface area contributed by atoms with Gasteiger partial charge in [0.1, 0.15) is 0 Å². The summed E-state index contributed by atoms with van der Waals surface area (Å²) in [5.74, 6) is 4.81. The van der Waals surface area contributed by atoms with Crippen LogP contribution in [0.25, 0.3) is 32.3 Å². The van der Waals surface area contributed by atoms with Crippen molar-refractivity contribution < 1.29 is 28.4 Å². The van der Waals surface area contributed by atoms with Crippen molar-refractivity contribution in [2.24, 2.45) is 5.73 Å². The monoisotopic (exact) mass is 844 g/mol. The lowest BCUT2D eigenvalue weighted by Gasteiger charge is -2.21. The summed E-state index contributed by atoms with van der Waals surface area (Å²) in [4.78, 5) is 0. The third-order valence-electron chi connectivity index (χ3n) is 11.8. The van der Waals surface area contributed by atoms with E-state index in [1.807, 2.05) is 0 Å². The molecule has 61 heavy (non-hydrogen) atoms. The minimum Gasteiger partial charge on any atom is -0.490 e. The summed E-state index contributed by atoms with van der Waals surface area (Å²) in [5.41, 5.74) is 5.79. The largest absolute Gasteiger partial charge is 0.490 e. The van der Waals surface area contributed by atoms with E-state index in [1.54, 1.807) is 0 Å². The highest BCUT2D eigenvalue weighted by molar-refractivity contribution is 6.26. The SMILES string of the molecule is CCCCCCOc1cc2c3cc(OCCCCCC)c(OCCCCCC)cc3c3cc(OCCCCCCN)c(OCCCCCC)cc3c2cc1OCCCCCC. The molecule has 0 unspecified atom stereocenters. The molecule has 0 amide bonds. The average Bonchev–Trinajstić information content (AvgIpc) is 3.27. The third-order valence-corrected chi connectivity index (χ3v) is 11.8. The summed E-state index contributed by atoms with van der Waals surface area (Å²) in [5, 5.41) is 6.64. The third kappa shape index (κ3) is 16.9. The Balaban J connectivity index is 1.94. The minimum absolute atomic E-state index is 0.630. The van der Waals surface area contributed by atoms with E-state index in [0.29, 0.717) is 39.6 Å². The number of rotatable bonds is 37. The van der Waals surface area contributed by atoms with Gasteiger partial charge in [0.2, 0.25) is 0 Å². The molecule has 4 rings (SSSR count). The quantitative estimate of drug-likeness (QED) is 0.0358. The fourth-order valence-corrected chi connectivity index (χ4v) is 8.03. The zero-order chi connectivity index (χ0) is 43.3. The topological polar surface area (TPSA) is 81.4 Å². The van der Waals surface area contributed by atoms with Crippen LogP contribution in [0.15, 0.2) is 36.4 Å². The molecule has 0 heterocycles. The molecule has 0 fully saturated rings. The molecule has 342 valence electrons. The van der Waals surface area contributed by atoms with Crippen molar-refractivity contribution in [1.29, 1.82) is 0 Å². The van der Waals surface area contributed by atoms with Crippen LogP contribution in [0.4, 0.5) is 0 Å². The van der Waals surface area contributed by atoms with Gasteiger partial charge >= 0.3 is 0 Å². The Bertz CT molecular complexity index is 1740. The van der Waals surface area contributed by atoms with Crippen LogP contribution in [0.1, 0.15) is 189 Å². The van der Waals surface area contributed by atoms with Crippen LogP contribution in [0.5, 0.6) is 34.5 Å². The number of benzene rings is 4. The molecule has 2 N–H and O–H groups in total. The molecule has 0 bridgehead atoms. The van der Waals surface area contributed by atoms with Crippen molar-refractivity contribution in [2.75, 3.05) is 46.2 Å². The van der Waals surface area contributed by atoms with Crippen LogP contribution in [-0.2, 0) is 0 Å². The molecule has 0 saturated carbocycles. The second-order valence-corrected chi connectivity index (χ2v) is 17.1. The van der Waals surface area contributed by atoms with Crippen LogP contribution < -0.4 is 34.2 Å². The first-order chi connectivity index (χ1) is 30.1. The first-order valence-electron chi connectivity index (χ1n) is 25.1. The van der Waals surface area contributed by atoms with Crippen LogP contribution in [0.2, 0.25) is 0 Å². The minimum atomic E-state index is 0.630. The lowest BCUT2D eigenvalue weighted by Crippen LogP contribution is -2.05. The zero-order valence-corrected chi connectivity index (χ0v) is 39.4. The number of ether oxygens (including phenoxy) is 6. The Morgan fingerprint density at radius 2 is 0.443 bits per heavy atom. The van der Waals surface area contributed by atoms with Crippen molar-refractivity contribution >= 4 is 32.3 Å². The van der Waals surface area contributed by atoms with E-state index in [-0.39, 0.29) is 0 Å². The normalized spacial score (nSPS) is 11.5. The summed E-state index contributed by atoms with van der Waals surface area (Å²) < 4.78 is 39.9. The smallest absolute Gasteiger partial charge is 0.161 e. The Morgan fingerprint density at radius 3 is 0.623 bits per heavy atom. The Hall–Kier alpha value is -3.58. The number of hydrogen-bond acceptors (Lipinski definition) is 7. The number of hydrogen-bond donors (Lipinski definition) is 1. The predicted molar refractivity (Wildman–Crippen MR) is 260 cm³/mol. The Morgan fingerprint density at radius 1 is 0.262 bits per heavy atom. The van der Waals surface area contributed by atoms with Crippen LogP contribution in [0.3, 0.4) is 0 Å². The molecule has 4 aromatic carbocycles. The van der Waals surface area contributed by atoms with Crippen molar-refractivity contribution in [3.8, 4) is 34.5 Å². The van der Waals surface area contributed by atoms with E-state index >= 15 is 0 Å². The summed E-state index contributed by atoms with van der Waals surface area (Å²) in [7, 11) is 0. The van der Waals surface area contributed by atoms with Gasteiger partial charge in [-0.3, -0.25) is 0 Å². The van der Waals surface area contributed by atoms with E-state index in [9.17, 15) is 0 Å². The van der Waals surface area contributed by atoms with E-state index in [0.717, 1.165) is 163 Å². The molecule has 0 saturated heterocycles. The van der Waals surface area contributed by atoms with Crippen molar-refractivity contribution in [3.63, 3.8) is 0 Å². The van der Waals surface area contributed by atoms with Gasteiger partial charge in [-0.15, -0.1) is 0 Å². The fraction of sp³-hybridized carbons (Fsp3) is 0.667. The van der Waals surface area contributed by atoms with Crippen molar-refractivity contribution in [2.45, 2.75) is 189 Å².